The van der Waals surface area contributed by atoms with Gasteiger partial charge in [-0.1, -0.05) is 12.1 Å². The molecule has 4 rings (SSSR count). The van der Waals surface area contributed by atoms with Crippen molar-refractivity contribution in [3.8, 4) is 28.5 Å². The van der Waals surface area contributed by atoms with Crippen molar-refractivity contribution < 1.29 is 42.1 Å². The minimum atomic E-state index is -5.26. The average Bonchev–Trinajstić information content (AvgIpc) is 2.90. The number of fused-ring (bicyclic) bond motifs is 1. The maximum Gasteiger partial charge on any atom is 0.498 e. The molecule has 2 aromatic carbocycles. The van der Waals surface area contributed by atoms with Crippen LogP contribution in [-0.4, -0.2) is 39.6 Å². The summed E-state index contributed by atoms with van der Waals surface area (Å²) < 4.78 is 54.7. The molecule has 0 aliphatic rings. The van der Waals surface area contributed by atoms with Crippen LogP contribution in [0.25, 0.3) is 33.2 Å². The Morgan fingerprint density at radius 3 is 2.46 bits per heavy atom. The van der Waals surface area contributed by atoms with E-state index in [4.69, 9.17) is 0 Å². The van der Waals surface area contributed by atoms with Crippen LogP contribution in [0.5, 0.6) is 0 Å². The lowest BCUT2D eigenvalue weighted by atomic mass is 9.94. The fourth-order valence-corrected chi connectivity index (χ4v) is 4.17. The number of aryl methyl sites for hydroxylation is 1. The van der Waals surface area contributed by atoms with Crippen LogP contribution in [0.2, 0.25) is 0 Å². The van der Waals surface area contributed by atoms with Gasteiger partial charge in [0.25, 0.3) is 11.3 Å². The van der Waals surface area contributed by atoms with Crippen molar-refractivity contribution in [3.63, 3.8) is 0 Å². The highest BCUT2D eigenvalue weighted by Gasteiger charge is 2.45. The second-order valence-electron chi connectivity index (χ2n) is 8.58. The Labute approximate surface area is 218 Å². The number of aliphatic hydroxyl groups is 2. The number of carbonyl (C=O) groups is 1. The highest BCUT2D eigenvalue weighted by Crippen LogP contribution is 2.33. The van der Waals surface area contributed by atoms with Gasteiger partial charge in [-0.2, -0.15) is 23.3 Å². The van der Waals surface area contributed by atoms with Gasteiger partial charge in [-0.25, -0.2) is 9.18 Å². The third-order valence-corrected chi connectivity index (χ3v) is 5.93. The van der Waals surface area contributed by atoms with Crippen LogP contribution in [0.4, 0.5) is 17.6 Å². The van der Waals surface area contributed by atoms with E-state index in [1.54, 1.807) is 0 Å². The monoisotopic (exact) mass is 542 g/mol. The summed E-state index contributed by atoms with van der Waals surface area (Å²) >= 11 is 0. The molecule has 2 heterocycles. The highest BCUT2D eigenvalue weighted by molar-refractivity contribution is 6.00. The van der Waals surface area contributed by atoms with E-state index in [1.165, 1.54) is 61.5 Å². The molecule has 1 atom stereocenters. The summed E-state index contributed by atoms with van der Waals surface area (Å²) in [6.07, 6.45) is -6.63. The quantitative estimate of drug-likeness (QED) is 0.286. The molecule has 2 N–H and O–H groups in total. The molecule has 0 radical (unpaired) electrons. The predicted octanol–water partition coefficient (Wildman–Crippen LogP) is 2.81. The number of aliphatic hydroxyl groups excluding tert-OH is 2. The molecule has 0 spiro atoms. The third kappa shape index (κ3) is 5.36. The maximum absolute atomic E-state index is 14.2. The molecule has 39 heavy (non-hydrogen) atoms. The molecule has 8 nitrogen and oxygen atoms in total. The molecule has 12 heteroatoms. The molecule has 0 amide bonds. The minimum absolute atomic E-state index is 0.0260. The smallest absolute Gasteiger partial charge is 0.394 e. The molecule has 0 saturated heterocycles. The van der Waals surface area contributed by atoms with Crippen LogP contribution in [0.3, 0.4) is 0 Å². The molecule has 0 saturated carbocycles. The summed E-state index contributed by atoms with van der Waals surface area (Å²) in [6, 6.07) is 15.6. The van der Waals surface area contributed by atoms with Crippen molar-refractivity contribution in [3.05, 3.63) is 88.2 Å². The molecule has 0 fully saturated rings. The van der Waals surface area contributed by atoms with E-state index in [2.05, 4.69) is 4.84 Å². The zero-order chi connectivity index (χ0) is 28.5. The Balaban J connectivity index is 2.05. The number of nitrogens with zero attached hydrogens (tertiary/aromatic N) is 3. The summed E-state index contributed by atoms with van der Waals surface area (Å²) in [5.74, 6) is -3.08. The standard InChI is InChI=1S/C27H20F4N3O5/c1-15-4-2-7-22(34(15)39-26(38)27(29,30)31)16-8-9-20-21(11-16)24(17-5-3-6-18(28)10-17)23(12-32)33(25(20)37)13-19(36)14-35/h2-11,19,35-36H,13-14H2,1H3/q+1. The molecule has 0 aliphatic carbocycles. The second kappa shape index (κ2) is 10.6. The molecule has 2 aromatic heterocycles. The third-order valence-electron chi connectivity index (χ3n) is 5.93. The van der Waals surface area contributed by atoms with Gasteiger partial charge >= 0.3 is 12.1 Å². The van der Waals surface area contributed by atoms with E-state index in [9.17, 15) is 42.6 Å². The Hall–Kier alpha value is -4.60. The van der Waals surface area contributed by atoms with Crippen molar-refractivity contribution >= 4 is 16.7 Å². The molecular formula is C27H20F4N3O5+. The van der Waals surface area contributed by atoms with Crippen molar-refractivity contribution in [2.45, 2.75) is 25.7 Å². The lowest BCUT2D eigenvalue weighted by molar-refractivity contribution is -0.866. The van der Waals surface area contributed by atoms with Gasteiger partial charge in [0, 0.05) is 34.7 Å². The summed E-state index contributed by atoms with van der Waals surface area (Å²) in [7, 11) is 0. The van der Waals surface area contributed by atoms with E-state index in [0.717, 1.165) is 10.6 Å². The van der Waals surface area contributed by atoms with Gasteiger partial charge in [-0.05, 0) is 47.3 Å². The summed E-state index contributed by atoms with van der Waals surface area (Å²) in [4.78, 5) is 29.6. The van der Waals surface area contributed by atoms with Crippen LogP contribution in [0.1, 0.15) is 11.4 Å². The number of pyridine rings is 2. The minimum Gasteiger partial charge on any atom is -0.394 e. The van der Waals surface area contributed by atoms with Crippen molar-refractivity contribution in [1.82, 2.24) is 4.57 Å². The second-order valence-corrected chi connectivity index (χ2v) is 8.58. The number of alkyl halides is 3. The van der Waals surface area contributed by atoms with E-state index in [-0.39, 0.29) is 44.5 Å². The fourth-order valence-electron chi connectivity index (χ4n) is 4.17. The van der Waals surface area contributed by atoms with Crippen molar-refractivity contribution in [2.24, 2.45) is 0 Å². The zero-order valence-electron chi connectivity index (χ0n) is 20.2. The van der Waals surface area contributed by atoms with Gasteiger partial charge in [0.1, 0.15) is 17.6 Å². The summed E-state index contributed by atoms with van der Waals surface area (Å²) in [6.45, 7) is 0.308. The van der Waals surface area contributed by atoms with Crippen LogP contribution in [0, 0.1) is 24.1 Å². The first-order valence-electron chi connectivity index (χ1n) is 11.4. The largest absolute Gasteiger partial charge is 0.498 e. The van der Waals surface area contributed by atoms with Crippen LogP contribution in [0.15, 0.2) is 65.5 Å². The Morgan fingerprint density at radius 1 is 1.10 bits per heavy atom. The number of carbonyl (C=O) groups excluding carboxylic acids is 1. The van der Waals surface area contributed by atoms with Gasteiger partial charge in [0.05, 0.1) is 24.8 Å². The molecule has 200 valence electrons. The van der Waals surface area contributed by atoms with Gasteiger partial charge < -0.3 is 10.2 Å². The number of rotatable bonds is 6. The zero-order valence-corrected chi connectivity index (χ0v) is 20.2. The Morgan fingerprint density at radius 2 is 1.82 bits per heavy atom. The topological polar surface area (TPSA) is 116 Å². The van der Waals surface area contributed by atoms with E-state index >= 15 is 0 Å². The molecule has 4 aromatic rings. The Bertz CT molecular complexity index is 1690. The molecular weight excluding hydrogens is 522 g/mol. The first-order valence-corrected chi connectivity index (χ1v) is 11.4. The number of benzene rings is 2. The summed E-state index contributed by atoms with van der Waals surface area (Å²) in [5.41, 5.74) is -0.202. The first-order chi connectivity index (χ1) is 18.5. The van der Waals surface area contributed by atoms with Crippen molar-refractivity contribution in [2.75, 3.05) is 6.61 Å². The number of halogens is 4. The summed E-state index contributed by atoms with van der Waals surface area (Å²) in [5, 5.41) is 29.5. The molecule has 1 unspecified atom stereocenters. The fraction of sp³-hybridized carbons (Fsp3) is 0.185. The molecule has 0 bridgehead atoms. The lowest BCUT2D eigenvalue weighted by Gasteiger charge is -2.18. The van der Waals surface area contributed by atoms with E-state index in [1.807, 2.05) is 6.07 Å². The van der Waals surface area contributed by atoms with Crippen LogP contribution < -0.4 is 15.1 Å². The van der Waals surface area contributed by atoms with Crippen LogP contribution in [-0.2, 0) is 11.3 Å². The van der Waals surface area contributed by atoms with Gasteiger partial charge in [-0.15, -0.1) is 0 Å². The number of aromatic nitrogens is 2. The van der Waals surface area contributed by atoms with E-state index in [0.29, 0.717) is 4.73 Å². The highest BCUT2D eigenvalue weighted by atomic mass is 19.4. The van der Waals surface area contributed by atoms with E-state index < -0.39 is 42.8 Å². The van der Waals surface area contributed by atoms with Gasteiger partial charge in [-0.3, -0.25) is 9.36 Å². The number of hydrogen-bond acceptors (Lipinski definition) is 6. The maximum atomic E-state index is 14.2. The predicted molar refractivity (Wildman–Crippen MR) is 129 cm³/mol. The van der Waals surface area contributed by atoms with Gasteiger partial charge in [0.2, 0.25) is 5.69 Å². The molecule has 0 aliphatic heterocycles. The normalized spacial score (nSPS) is 12.3. The average molecular weight is 542 g/mol. The number of hydrogen-bond donors (Lipinski definition) is 2. The van der Waals surface area contributed by atoms with Crippen LogP contribution >= 0.6 is 0 Å². The number of nitriles is 1. The lowest BCUT2D eigenvalue weighted by Crippen LogP contribution is -2.53. The first kappa shape index (κ1) is 27.4. The van der Waals surface area contributed by atoms with Gasteiger partial charge in [0.15, 0.2) is 0 Å². The SMILES string of the molecule is Cc1cccc(-c2ccc3c(=O)n(CC(O)CO)c(C#N)c(-c4cccc(F)c4)c3c2)[n+]1OC(=O)C(F)(F)F. The Kier molecular flexibility index (Phi) is 7.49. The van der Waals surface area contributed by atoms with Crippen molar-refractivity contribution in [1.29, 1.82) is 5.26 Å².